The predicted octanol–water partition coefficient (Wildman–Crippen LogP) is 4.87. The largest absolute Gasteiger partial charge is 0.484 e. The number of hydrogen-bond acceptors (Lipinski definition) is 5. The first-order chi connectivity index (χ1) is 18.3. The minimum Gasteiger partial charge on any atom is -0.484 e. The second-order valence-electron chi connectivity index (χ2n) is 8.91. The summed E-state index contributed by atoms with van der Waals surface area (Å²) < 4.78 is 88.4. The van der Waals surface area contributed by atoms with E-state index in [1.165, 1.54) is 37.3 Å². The standard InChI is InChI=1S/C26H23ClF4N2O5S/c1-15(14-34)25(35)32-12-18-13-33(39(36,37)19-5-2-4-17(11-19)26(29,30)31)22-10-16(8-9-23(22)38-18)20-6-3-7-21(28)24(20)27/h2-11,15,18,34H,12-14H2,1H3,(H,32,35). The van der Waals surface area contributed by atoms with Crippen LogP contribution in [-0.4, -0.2) is 45.2 Å². The lowest BCUT2D eigenvalue weighted by atomic mass is 10.0. The quantitative estimate of drug-likeness (QED) is 0.385. The summed E-state index contributed by atoms with van der Waals surface area (Å²) in [6.45, 7) is 0.589. The summed E-state index contributed by atoms with van der Waals surface area (Å²) >= 11 is 6.12. The molecule has 0 radical (unpaired) electrons. The van der Waals surface area contributed by atoms with Gasteiger partial charge in [0.2, 0.25) is 5.91 Å². The summed E-state index contributed by atoms with van der Waals surface area (Å²) in [7, 11) is -4.57. The van der Waals surface area contributed by atoms with Gasteiger partial charge >= 0.3 is 6.18 Å². The van der Waals surface area contributed by atoms with Gasteiger partial charge in [0.05, 0.1) is 46.8 Å². The molecule has 1 aliphatic heterocycles. The Morgan fingerprint density at radius 3 is 2.59 bits per heavy atom. The van der Waals surface area contributed by atoms with Crippen molar-refractivity contribution in [1.29, 1.82) is 0 Å². The first kappa shape index (κ1) is 28.7. The minimum atomic E-state index is -4.77. The number of hydrogen-bond donors (Lipinski definition) is 2. The van der Waals surface area contributed by atoms with Crippen LogP contribution in [-0.2, 0) is 21.0 Å². The summed E-state index contributed by atoms with van der Waals surface area (Å²) in [5, 5.41) is 11.6. The molecule has 0 aliphatic carbocycles. The number of halogens is 5. The number of aliphatic hydroxyl groups is 1. The lowest BCUT2D eigenvalue weighted by Gasteiger charge is -2.36. The molecule has 2 N–H and O–H groups in total. The normalized spacial score (nSPS) is 16.3. The van der Waals surface area contributed by atoms with Gasteiger partial charge in [-0.05, 0) is 42.0 Å². The zero-order valence-corrected chi connectivity index (χ0v) is 21.9. The van der Waals surface area contributed by atoms with Crippen LogP contribution in [0.2, 0.25) is 5.02 Å². The molecule has 4 rings (SSSR count). The van der Waals surface area contributed by atoms with E-state index in [9.17, 15) is 35.9 Å². The van der Waals surface area contributed by atoms with E-state index in [0.29, 0.717) is 11.6 Å². The molecule has 208 valence electrons. The number of ether oxygens (including phenoxy) is 1. The Morgan fingerprint density at radius 2 is 1.90 bits per heavy atom. The van der Waals surface area contributed by atoms with Crippen molar-refractivity contribution < 1.29 is 40.6 Å². The number of carbonyl (C=O) groups is 1. The third-order valence-corrected chi connectivity index (χ3v) is 8.29. The fraction of sp³-hybridized carbons (Fsp3) is 0.269. The highest BCUT2D eigenvalue weighted by Crippen LogP contribution is 2.42. The summed E-state index contributed by atoms with van der Waals surface area (Å²) in [5.74, 6) is -1.83. The topological polar surface area (TPSA) is 95.9 Å². The second kappa shape index (κ2) is 11.0. The van der Waals surface area contributed by atoms with Crippen LogP contribution in [0.1, 0.15) is 12.5 Å². The van der Waals surface area contributed by atoms with E-state index in [1.54, 1.807) is 0 Å². The lowest BCUT2D eigenvalue weighted by Crippen LogP contribution is -2.49. The smallest absolute Gasteiger partial charge is 0.416 e. The van der Waals surface area contributed by atoms with E-state index in [-0.39, 0.29) is 35.1 Å². The van der Waals surface area contributed by atoms with Gasteiger partial charge in [-0.2, -0.15) is 13.2 Å². The van der Waals surface area contributed by atoms with Crippen molar-refractivity contribution in [2.45, 2.75) is 24.1 Å². The SMILES string of the molecule is CC(CO)C(=O)NCC1CN(S(=O)(=O)c2cccc(C(F)(F)F)c2)c2cc(-c3cccc(F)c3Cl)ccc2O1. The molecule has 0 fully saturated rings. The van der Waals surface area contributed by atoms with Gasteiger partial charge in [-0.1, -0.05) is 42.8 Å². The molecule has 3 aromatic rings. The van der Waals surface area contributed by atoms with E-state index >= 15 is 0 Å². The summed E-state index contributed by atoms with van der Waals surface area (Å²) in [4.78, 5) is 11.5. The van der Waals surface area contributed by atoms with Crippen LogP contribution < -0.4 is 14.4 Å². The third-order valence-electron chi connectivity index (χ3n) is 6.13. The molecular weight excluding hydrogens is 564 g/mol. The van der Waals surface area contributed by atoms with Crippen molar-refractivity contribution in [3.8, 4) is 16.9 Å². The molecule has 1 amide bonds. The van der Waals surface area contributed by atoms with E-state index in [4.69, 9.17) is 16.3 Å². The lowest BCUT2D eigenvalue weighted by molar-refractivity contribution is -0.137. The zero-order valence-electron chi connectivity index (χ0n) is 20.4. The first-order valence-corrected chi connectivity index (χ1v) is 13.5. The number of nitrogens with zero attached hydrogens (tertiary/aromatic N) is 1. The van der Waals surface area contributed by atoms with Crippen LogP contribution in [0.5, 0.6) is 5.75 Å². The Kier molecular flexibility index (Phi) is 8.10. The van der Waals surface area contributed by atoms with E-state index in [0.717, 1.165) is 28.6 Å². The van der Waals surface area contributed by atoms with Crippen molar-refractivity contribution in [3.05, 3.63) is 77.1 Å². The number of aliphatic hydroxyl groups excluding tert-OH is 1. The molecule has 3 aromatic carbocycles. The van der Waals surface area contributed by atoms with E-state index in [2.05, 4.69) is 5.32 Å². The monoisotopic (exact) mass is 586 g/mol. The van der Waals surface area contributed by atoms with Crippen molar-refractivity contribution in [2.75, 3.05) is 24.0 Å². The number of carbonyl (C=O) groups excluding carboxylic acids is 1. The van der Waals surface area contributed by atoms with E-state index in [1.807, 2.05) is 0 Å². The summed E-state index contributed by atoms with van der Waals surface area (Å²) in [6, 6.07) is 11.8. The van der Waals surface area contributed by atoms with Crippen molar-refractivity contribution in [2.24, 2.45) is 5.92 Å². The number of nitrogens with one attached hydrogen (secondary N) is 1. The molecule has 2 unspecified atom stereocenters. The maximum Gasteiger partial charge on any atom is 0.416 e. The Labute approximate surface area is 227 Å². The molecule has 1 aliphatic rings. The number of fused-ring (bicyclic) bond motifs is 1. The number of benzene rings is 3. The average Bonchev–Trinajstić information content (AvgIpc) is 2.91. The Balaban J connectivity index is 1.78. The Hall–Kier alpha value is -3.35. The highest BCUT2D eigenvalue weighted by atomic mass is 35.5. The van der Waals surface area contributed by atoms with Gasteiger partial charge in [-0.25, -0.2) is 12.8 Å². The van der Waals surface area contributed by atoms with Gasteiger partial charge in [0.15, 0.2) is 0 Å². The fourth-order valence-electron chi connectivity index (χ4n) is 3.97. The molecule has 0 saturated heterocycles. The summed E-state index contributed by atoms with van der Waals surface area (Å²) in [6.07, 6.45) is -5.69. The molecule has 0 spiro atoms. The molecule has 1 heterocycles. The molecule has 39 heavy (non-hydrogen) atoms. The second-order valence-corrected chi connectivity index (χ2v) is 11.2. The highest BCUT2D eigenvalue weighted by molar-refractivity contribution is 7.92. The van der Waals surface area contributed by atoms with Crippen molar-refractivity contribution >= 4 is 33.2 Å². The van der Waals surface area contributed by atoms with Crippen LogP contribution in [0.25, 0.3) is 11.1 Å². The van der Waals surface area contributed by atoms with Crippen LogP contribution in [0.3, 0.4) is 0 Å². The van der Waals surface area contributed by atoms with Gasteiger partial charge < -0.3 is 15.2 Å². The highest BCUT2D eigenvalue weighted by Gasteiger charge is 2.37. The van der Waals surface area contributed by atoms with Crippen molar-refractivity contribution in [3.63, 3.8) is 0 Å². The molecule has 0 aromatic heterocycles. The zero-order chi connectivity index (χ0) is 28.5. The molecule has 13 heteroatoms. The summed E-state index contributed by atoms with van der Waals surface area (Å²) in [5.41, 5.74) is -0.534. The molecule has 2 atom stereocenters. The number of rotatable bonds is 7. The number of amides is 1. The van der Waals surface area contributed by atoms with Crippen LogP contribution >= 0.6 is 11.6 Å². The van der Waals surface area contributed by atoms with Gasteiger partial charge in [0, 0.05) is 5.56 Å². The van der Waals surface area contributed by atoms with Gasteiger partial charge in [-0.15, -0.1) is 0 Å². The van der Waals surface area contributed by atoms with Gasteiger partial charge in [0.25, 0.3) is 10.0 Å². The van der Waals surface area contributed by atoms with Gasteiger partial charge in [-0.3, -0.25) is 9.10 Å². The molecular formula is C26H23ClF4N2O5S. The van der Waals surface area contributed by atoms with Crippen LogP contribution in [0, 0.1) is 11.7 Å². The van der Waals surface area contributed by atoms with Crippen LogP contribution in [0.4, 0.5) is 23.2 Å². The number of anilines is 1. The fourth-order valence-corrected chi connectivity index (χ4v) is 5.75. The maximum absolute atomic E-state index is 14.1. The number of sulfonamides is 1. The number of alkyl halides is 3. The molecule has 0 bridgehead atoms. The predicted molar refractivity (Wildman–Crippen MR) is 136 cm³/mol. The van der Waals surface area contributed by atoms with Crippen LogP contribution in [0.15, 0.2) is 65.6 Å². The maximum atomic E-state index is 14.1. The van der Waals surface area contributed by atoms with Gasteiger partial charge in [0.1, 0.15) is 17.7 Å². The molecule has 0 saturated carbocycles. The molecule has 7 nitrogen and oxygen atoms in total. The Bertz CT molecular complexity index is 1500. The average molecular weight is 587 g/mol. The van der Waals surface area contributed by atoms with E-state index < -0.39 is 57.0 Å². The first-order valence-electron chi connectivity index (χ1n) is 11.7. The minimum absolute atomic E-state index is 0.00320. The third kappa shape index (κ3) is 5.97. The Morgan fingerprint density at radius 1 is 1.18 bits per heavy atom. The van der Waals surface area contributed by atoms with Crippen molar-refractivity contribution in [1.82, 2.24) is 5.32 Å².